The molecule has 1 aromatic carbocycles. The van der Waals surface area contributed by atoms with E-state index in [0.29, 0.717) is 11.4 Å². The maximum atomic E-state index is 13.7. The maximum Gasteiger partial charge on any atom is 0.358 e. The molecule has 2 heterocycles. The zero-order valence-electron chi connectivity index (χ0n) is 20.3. The molecule has 0 saturated heterocycles. The number of anilines is 2. The smallest absolute Gasteiger partial charge is 0.358 e. The van der Waals surface area contributed by atoms with E-state index >= 15 is 0 Å². The topological polar surface area (TPSA) is 123 Å². The first-order valence-electron chi connectivity index (χ1n) is 12.0. The van der Waals surface area contributed by atoms with Crippen molar-refractivity contribution < 1.29 is 23.9 Å². The van der Waals surface area contributed by atoms with Crippen LogP contribution in [0.2, 0.25) is 0 Å². The SMILES string of the molecule is CCOC(=O)c1cc2n(n1)C[C@@](C)(C(=O)NC1CCCCC1)N(c1ccc(NC(C)=O)cc1)C2=O. The van der Waals surface area contributed by atoms with Gasteiger partial charge in [-0.25, -0.2) is 4.79 Å². The van der Waals surface area contributed by atoms with E-state index in [1.54, 1.807) is 38.1 Å². The monoisotopic (exact) mass is 481 g/mol. The van der Waals surface area contributed by atoms with Gasteiger partial charge < -0.3 is 15.4 Å². The molecule has 2 aromatic rings. The van der Waals surface area contributed by atoms with E-state index < -0.39 is 17.4 Å². The van der Waals surface area contributed by atoms with Gasteiger partial charge in [-0.1, -0.05) is 19.3 Å². The first-order valence-corrected chi connectivity index (χ1v) is 12.0. The minimum absolute atomic E-state index is 0.0214. The van der Waals surface area contributed by atoms with E-state index in [9.17, 15) is 19.2 Å². The summed E-state index contributed by atoms with van der Waals surface area (Å²) in [5.41, 5.74) is -0.00564. The van der Waals surface area contributed by atoms with E-state index in [0.717, 1.165) is 32.1 Å². The van der Waals surface area contributed by atoms with E-state index in [1.165, 1.54) is 22.6 Å². The van der Waals surface area contributed by atoms with Crippen molar-refractivity contribution in [2.45, 2.75) is 71.0 Å². The first kappa shape index (κ1) is 24.4. The van der Waals surface area contributed by atoms with Crippen molar-refractivity contribution in [1.29, 1.82) is 0 Å². The summed E-state index contributed by atoms with van der Waals surface area (Å²) in [4.78, 5) is 52.6. The second kappa shape index (κ2) is 9.89. The fraction of sp³-hybridized carbons (Fsp3) is 0.480. The number of nitrogens with one attached hydrogen (secondary N) is 2. The third-order valence-electron chi connectivity index (χ3n) is 6.51. The molecule has 0 unspecified atom stereocenters. The van der Waals surface area contributed by atoms with Crippen LogP contribution < -0.4 is 15.5 Å². The van der Waals surface area contributed by atoms with Crippen molar-refractivity contribution in [1.82, 2.24) is 15.1 Å². The van der Waals surface area contributed by atoms with Gasteiger partial charge >= 0.3 is 5.97 Å². The van der Waals surface area contributed by atoms with Gasteiger partial charge in [0, 0.05) is 30.4 Å². The molecule has 0 spiro atoms. The summed E-state index contributed by atoms with van der Waals surface area (Å²) in [5.74, 6) is -1.56. The Morgan fingerprint density at radius 3 is 2.46 bits per heavy atom. The lowest BCUT2D eigenvalue weighted by molar-refractivity contribution is -0.127. The zero-order chi connectivity index (χ0) is 25.2. The normalized spacial score (nSPS) is 20.2. The summed E-state index contributed by atoms with van der Waals surface area (Å²) in [6, 6.07) is 8.19. The average Bonchev–Trinajstić information content (AvgIpc) is 3.25. The number of esters is 1. The van der Waals surface area contributed by atoms with E-state index in [-0.39, 0.29) is 42.4 Å². The summed E-state index contributed by atoms with van der Waals surface area (Å²) in [6.45, 7) is 5.07. The number of nitrogens with zero attached hydrogens (tertiary/aromatic N) is 3. The fourth-order valence-electron chi connectivity index (χ4n) is 4.78. The number of fused-ring (bicyclic) bond motifs is 1. The molecule has 1 atom stereocenters. The number of carbonyl (C=O) groups excluding carboxylic acids is 4. The molecule has 1 aliphatic heterocycles. The Kier molecular flexibility index (Phi) is 6.90. The molecule has 2 N–H and O–H groups in total. The molecule has 10 heteroatoms. The van der Waals surface area contributed by atoms with Crippen LogP contribution in [-0.2, 0) is 20.9 Å². The summed E-state index contributed by atoms with van der Waals surface area (Å²) < 4.78 is 6.46. The van der Waals surface area contributed by atoms with Gasteiger partial charge in [-0.05, 0) is 51.0 Å². The Hall–Kier alpha value is -3.69. The number of hydrogen-bond donors (Lipinski definition) is 2. The van der Waals surface area contributed by atoms with E-state index in [4.69, 9.17) is 4.74 Å². The van der Waals surface area contributed by atoms with Gasteiger partial charge in [0.1, 0.15) is 11.2 Å². The van der Waals surface area contributed by atoms with Crippen molar-refractivity contribution in [3.8, 4) is 0 Å². The van der Waals surface area contributed by atoms with Crippen LogP contribution >= 0.6 is 0 Å². The minimum Gasteiger partial charge on any atom is -0.461 e. The lowest BCUT2D eigenvalue weighted by atomic mass is 9.91. The van der Waals surface area contributed by atoms with Crippen LogP contribution in [0.1, 0.15) is 73.9 Å². The third-order valence-corrected chi connectivity index (χ3v) is 6.51. The second-order valence-corrected chi connectivity index (χ2v) is 9.24. The highest BCUT2D eigenvalue weighted by molar-refractivity contribution is 6.12. The molecule has 4 rings (SSSR count). The lowest BCUT2D eigenvalue weighted by Gasteiger charge is -2.44. The van der Waals surface area contributed by atoms with Crippen LogP contribution in [0.4, 0.5) is 11.4 Å². The molecule has 1 aromatic heterocycles. The first-order chi connectivity index (χ1) is 16.7. The van der Waals surface area contributed by atoms with E-state index in [1.807, 2.05) is 0 Å². The highest BCUT2D eigenvalue weighted by Gasteiger charge is 2.49. The summed E-state index contributed by atoms with van der Waals surface area (Å²) in [6.07, 6.45) is 5.08. The molecular weight excluding hydrogens is 450 g/mol. The molecule has 10 nitrogen and oxygen atoms in total. The number of hydrogen-bond acceptors (Lipinski definition) is 6. The van der Waals surface area contributed by atoms with E-state index in [2.05, 4.69) is 15.7 Å². The highest BCUT2D eigenvalue weighted by atomic mass is 16.5. The third kappa shape index (κ3) is 4.91. The van der Waals surface area contributed by atoms with Crippen molar-refractivity contribution >= 4 is 35.1 Å². The van der Waals surface area contributed by atoms with Crippen LogP contribution in [-0.4, -0.2) is 51.7 Å². The van der Waals surface area contributed by atoms with Crippen LogP contribution in [0.25, 0.3) is 0 Å². The van der Waals surface area contributed by atoms with Crippen LogP contribution in [0.5, 0.6) is 0 Å². The lowest BCUT2D eigenvalue weighted by Crippen LogP contribution is -2.65. The van der Waals surface area contributed by atoms with Gasteiger partial charge in [0.25, 0.3) is 5.91 Å². The number of amides is 3. The Labute approximate surface area is 204 Å². The van der Waals surface area contributed by atoms with Gasteiger partial charge in [0.15, 0.2) is 5.69 Å². The number of carbonyl (C=O) groups is 4. The van der Waals surface area contributed by atoms with Crippen LogP contribution in [0.3, 0.4) is 0 Å². The second-order valence-electron chi connectivity index (χ2n) is 9.24. The zero-order valence-corrected chi connectivity index (χ0v) is 20.3. The molecule has 0 bridgehead atoms. The summed E-state index contributed by atoms with van der Waals surface area (Å²) >= 11 is 0. The predicted octanol–water partition coefficient (Wildman–Crippen LogP) is 2.89. The quantitative estimate of drug-likeness (QED) is 0.612. The van der Waals surface area contributed by atoms with Crippen molar-refractivity contribution in [3.63, 3.8) is 0 Å². The molecule has 1 aliphatic carbocycles. The Bertz CT molecular complexity index is 1140. The van der Waals surface area contributed by atoms with Crippen molar-refractivity contribution in [3.05, 3.63) is 41.7 Å². The number of aromatic nitrogens is 2. The minimum atomic E-state index is -1.30. The van der Waals surface area contributed by atoms with Crippen molar-refractivity contribution in [2.24, 2.45) is 0 Å². The molecule has 0 radical (unpaired) electrons. The van der Waals surface area contributed by atoms with Gasteiger partial charge in [0.05, 0.1) is 13.2 Å². The molecule has 186 valence electrons. The molecule has 1 saturated carbocycles. The molecule has 1 fully saturated rings. The Morgan fingerprint density at radius 2 is 1.83 bits per heavy atom. The largest absolute Gasteiger partial charge is 0.461 e. The number of rotatable bonds is 6. The Morgan fingerprint density at radius 1 is 1.14 bits per heavy atom. The maximum absolute atomic E-state index is 13.7. The van der Waals surface area contributed by atoms with Gasteiger partial charge in [-0.3, -0.25) is 24.0 Å². The average molecular weight is 482 g/mol. The molecular formula is C25H31N5O5. The van der Waals surface area contributed by atoms with Gasteiger partial charge in [0.2, 0.25) is 11.8 Å². The van der Waals surface area contributed by atoms with Crippen LogP contribution in [0.15, 0.2) is 30.3 Å². The predicted molar refractivity (Wildman–Crippen MR) is 129 cm³/mol. The van der Waals surface area contributed by atoms with Gasteiger partial charge in [-0.2, -0.15) is 5.10 Å². The summed E-state index contributed by atoms with van der Waals surface area (Å²) in [5, 5.41) is 10.1. The number of ether oxygens (including phenoxy) is 1. The standard InChI is InChI=1S/C25H31N5O5/c1-4-35-23(33)20-14-21-22(32)30(19-12-10-18(11-13-19)26-16(2)31)25(3,15-29(21)28-20)24(34)27-17-8-6-5-7-9-17/h10-14,17H,4-9,15H2,1-3H3,(H,26,31)(H,27,34)/t25-/m0/s1. The van der Waals surface area contributed by atoms with Gasteiger partial charge in [-0.15, -0.1) is 0 Å². The Balaban J connectivity index is 1.72. The van der Waals surface area contributed by atoms with Crippen LogP contribution in [0, 0.1) is 0 Å². The fourth-order valence-corrected chi connectivity index (χ4v) is 4.78. The van der Waals surface area contributed by atoms with Crippen molar-refractivity contribution in [2.75, 3.05) is 16.8 Å². The molecule has 2 aliphatic rings. The summed E-state index contributed by atoms with van der Waals surface area (Å²) in [7, 11) is 0. The highest BCUT2D eigenvalue weighted by Crippen LogP contribution is 2.34. The number of benzene rings is 1. The molecule has 35 heavy (non-hydrogen) atoms. The molecule has 3 amide bonds.